The van der Waals surface area contributed by atoms with E-state index in [0.717, 1.165) is 16.9 Å². The van der Waals surface area contributed by atoms with Gasteiger partial charge in [-0.1, -0.05) is 48.0 Å². The van der Waals surface area contributed by atoms with E-state index in [1.807, 2.05) is 30.3 Å². The van der Waals surface area contributed by atoms with Gasteiger partial charge in [-0.15, -0.1) is 0 Å². The zero-order chi connectivity index (χ0) is 22.2. The highest BCUT2D eigenvalue weighted by atomic mass is 35.5. The summed E-state index contributed by atoms with van der Waals surface area (Å²) in [5.74, 6) is -0.687. The van der Waals surface area contributed by atoms with Crippen LogP contribution in [0.2, 0.25) is 5.02 Å². The van der Waals surface area contributed by atoms with E-state index in [9.17, 15) is 13.2 Å². The number of nitrogens with zero attached hydrogens (tertiary/aromatic N) is 3. The van der Waals surface area contributed by atoms with Gasteiger partial charge < -0.3 is 4.18 Å². The minimum atomic E-state index is -3.72. The smallest absolute Gasteiger partial charge is 0.306 e. The molecule has 2 aromatic rings. The molecule has 31 heavy (non-hydrogen) atoms. The first-order valence-corrected chi connectivity index (χ1v) is 11.9. The monoisotopic (exact) mass is 474 g/mol. The lowest BCUT2D eigenvalue weighted by Gasteiger charge is -2.20. The Labute approximate surface area is 187 Å². The first kappa shape index (κ1) is 21.3. The average molecular weight is 475 g/mol. The van der Waals surface area contributed by atoms with Gasteiger partial charge in [0.05, 0.1) is 16.9 Å². The Balaban J connectivity index is 1.58. The molecule has 2 heterocycles. The zero-order valence-electron chi connectivity index (χ0n) is 16.1. The second kappa shape index (κ2) is 8.29. The van der Waals surface area contributed by atoms with E-state index in [-0.39, 0.29) is 22.2 Å². The second-order valence-corrected chi connectivity index (χ2v) is 9.68. The van der Waals surface area contributed by atoms with Crippen molar-refractivity contribution < 1.29 is 17.4 Å². The quantitative estimate of drug-likeness (QED) is 0.524. The Kier molecular flexibility index (Phi) is 5.69. The molecule has 0 aliphatic carbocycles. The molecule has 158 valence electrons. The summed E-state index contributed by atoms with van der Waals surface area (Å²) in [6.45, 7) is 0. The molecule has 0 saturated heterocycles. The maximum Gasteiger partial charge on any atom is 0.306 e. The largest absolute Gasteiger partial charge is 0.381 e. The lowest BCUT2D eigenvalue weighted by molar-refractivity contribution is -0.114. The Hall–Kier alpha value is -2.95. The third-order valence-corrected chi connectivity index (χ3v) is 5.89. The van der Waals surface area contributed by atoms with E-state index >= 15 is 0 Å². The molecule has 0 aromatic heterocycles. The highest BCUT2D eigenvalue weighted by Crippen LogP contribution is 2.31. The summed E-state index contributed by atoms with van der Waals surface area (Å²) in [5, 5.41) is 15.3. The number of hydrazone groups is 1. The van der Waals surface area contributed by atoms with Gasteiger partial charge in [-0.05, 0) is 41.1 Å². The number of rotatable bonds is 5. The van der Waals surface area contributed by atoms with Crippen LogP contribution in [0.25, 0.3) is 6.08 Å². The molecule has 2 aliphatic heterocycles. The van der Waals surface area contributed by atoms with E-state index in [4.69, 9.17) is 21.2 Å². The molecular formula is C20H15ClN4O4S2. The van der Waals surface area contributed by atoms with Gasteiger partial charge in [-0.3, -0.25) is 10.2 Å². The summed E-state index contributed by atoms with van der Waals surface area (Å²) in [7, 11) is -3.72. The molecule has 0 saturated carbocycles. The van der Waals surface area contributed by atoms with Gasteiger partial charge in [0.2, 0.25) is 5.17 Å². The van der Waals surface area contributed by atoms with Crippen molar-refractivity contribution in [1.82, 2.24) is 5.01 Å². The number of benzene rings is 2. The maximum atomic E-state index is 12.5. The van der Waals surface area contributed by atoms with Gasteiger partial charge in [0, 0.05) is 6.42 Å². The van der Waals surface area contributed by atoms with Crippen molar-refractivity contribution in [2.24, 2.45) is 10.1 Å². The molecule has 1 amide bonds. The fourth-order valence-electron chi connectivity index (χ4n) is 2.88. The molecule has 0 unspecified atom stereocenters. The van der Waals surface area contributed by atoms with Crippen LogP contribution in [0.4, 0.5) is 0 Å². The minimum Gasteiger partial charge on any atom is -0.381 e. The number of carbonyl (C=O) groups excluding carboxylic acids is 1. The number of fused-ring (bicyclic) bond motifs is 1. The van der Waals surface area contributed by atoms with Gasteiger partial charge >= 0.3 is 10.1 Å². The van der Waals surface area contributed by atoms with Crippen LogP contribution in [-0.4, -0.2) is 41.6 Å². The Bertz CT molecular complexity index is 1290. The van der Waals surface area contributed by atoms with Crippen molar-refractivity contribution in [3.8, 4) is 5.75 Å². The van der Waals surface area contributed by atoms with Crippen molar-refractivity contribution in [3.63, 3.8) is 0 Å². The SMILES string of the molecule is CS(=O)(=O)Oc1ccc(C=C2C(=N)N3N=C(Cc4ccccc4)SC3=NC2=O)cc1Cl. The van der Waals surface area contributed by atoms with Crippen LogP contribution >= 0.6 is 23.4 Å². The van der Waals surface area contributed by atoms with Gasteiger partial charge in [-0.2, -0.15) is 23.5 Å². The van der Waals surface area contributed by atoms with E-state index < -0.39 is 16.0 Å². The van der Waals surface area contributed by atoms with Crippen molar-refractivity contribution in [1.29, 1.82) is 5.41 Å². The van der Waals surface area contributed by atoms with Crippen molar-refractivity contribution in [2.75, 3.05) is 6.26 Å². The maximum absolute atomic E-state index is 12.5. The Morgan fingerprint density at radius 2 is 1.97 bits per heavy atom. The number of aliphatic imine (C=N–C) groups is 1. The molecule has 0 bridgehead atoms. The molecular weight excluding hydrogens is 460 g/mol. The summed E-state index contributed by atoms with van der Waals surface area (Å²) in [4.78, 5) is 16.6. The molecule has 0 fully saturated rings. The van der Waals surface area contributed by atoms with E-state index in [0.29, 0.717) is 17.2 Å². The van der Waals surface area contributed by atoms with E-state index in [1.165, 1.54) is 41.0 Å². The summed E-state index contributed by atoms with van der Waals surface area (Å²) in [5.41, 5.74) is 1.59. The molecule has 2 aromatic carbocycles. The van der Waals surface area contributed by atoms with E-state index in [1.54, 1.807) is 0 Å². The second-order valence-electron chi connectivity index (χ2n) is 6.65. The summed E-state index contributed by atoms with van der Waals surface area (Å²) in [6.07, 6.45) is 2.94. The standard InChI is InChI=1S/C20H15ClN4O4S2/c1-31(27,28)29-16-8-7-13(10-15(16)21)9-14-18(22)25-20(23-19(14)26)30-17(24-25)11-12-5-3-2-4-6-12/h2-10,22H,11H2,1H3. The first-order valence-electron chi connectivity index (χ1n) is 8.91. The highest BCUT2D eigenvalue weighted by Gasteiger charge is 2.35. The van der Waals surface area contributed by atoms with E-state index in [2.05, 4.69) is 10.1 Å². The fraction of sp³-hybridized carbons (Fsp3) is 0.100. The molecule has 0 atom stereocenters. The number of amides is 1. The van der Waals surface area contributed by atoms with Crippen LogP contribution in [0.1, 0.15) is 11.1 Å². The summed E-state index contributed by atoms with van der Waals surface area (Å²) in [6, 6.07) is 14.1. The molecule has 4 rings (SSSR count). The number of thioether (sulfide) groups is 1. The van der Waals surface area contributed by atoms with Gasteiger partial charge in [0.25, 0.3) is 5.91 Å². The van der Waals surface area contributed by atoms with Crippen molar-refractivity contribution >= 4 is 61.5 Å². The lowest BCUT2D eigenvalue weighted by atomic mass is 10.1. The topological polar surface area (TPSA) is 112 Å². The normalized spacial score (nSPS) is 17.5. The van der Waals surface area contributed by atoms with Crippen LogP contribution in [0.3, 0.4) is 0 Å². The number of amidine groups is 2. The van der Waals surface area contributed by atoms with Crippen LogP contribution in [0, 0.1) is 5.41 Å². The number of hydrogen-bond acceptors (Lipinski definition) is 7. The van der Waals surface area contributed by atoms with Crippen LogP contribution in [-0.2, 0) is 21.3 Å². The number of carbonyl (C=O) groups is 1. The molecule has 2 aliphatic rings. The van der Waals surface area contributed by atoms with Crippen LogP contribution in [0.15, 0.2) is 64.2 Å². The Morgan fingerprint density at radius 3 is 2.65 bits per heavy atom. The number of hydrogen-bond donors (Lipinski definition) is 1. The molecule has 0 radical (unpaired) electrons. The average Bonchev–Trinajstić information content (AvgIpc) is 3.09. The van der Waals surface area contributed by atoms with Gasteiger partial charge in [-0.25, -0.2) is 0 Å². The molecule has 0 spiro atoms. The molecule has 1 N–H and O–H groups in total. The number of halogens is 1. The summed E-state index contributed by atoms with van der Waals surface area (Å²) < 4.78 is 27.4. The molecule has 8 nitrogen and oxygen atoms in total. The third-order valence-electron chi connectivity index (χ3n) is 4.20. The lowest BCUT2D eigenvalue weighted by Crippen LogP contribution is -2.35. The van der Waals surface area contributed by atoms with Crippen LogP contribution in [0.5, 0.6) is 5.75 Å². The zero-order valence-corrected chi connectivity index (χ0v) is 18.5. The summed E-state index contributed by atoms with van der Waals surface area (Å²) >= 11 is 7.35. The number of nitrogens with one attached hydrogen (secondary N) is 1. The highest BCUT2D eigenvalue weighted by molar-refractivity contribution is 8.26. The minimum absolute atomic E-state index is 0.0252. The van der Waals surface area contributed by atoms with Gasteiger partial charge in [0.1, 0.15) is 5.04 Å². The van der Waals surface area contributed by atoms with Gasteiger partial charge in [0.15, 0.2) is 11.6 Å². The molecule has 11 heteroatoms. The first-order chi connectivity index (χ1) is 14.7. The van der Waals surface area contributed by atoms with Crippen molar-refractivity contribution in [2.45, 2.75) is 6.42 Å². The third kappa shape index (κ3) is 4.87. The Morgan fingerprint density at radius 1 is 1.23 bits per heavy atom. The predicted molar refractivity (Wildman–Crippen MR) is 122 cm³/mol. The predicted octanol–water partition coefficient (Wildman–Crippen LogP) is 3.54. The van der Waals surface area contributed by atoms with Crippen molar-refractivity contribution in [3.05, 3.63) is 70.3 Å². The van der Waals surface area contributed by atoms with Crippen LogP contribution < -0.4 is 4.18 Å². The fourth-order valence-corrected chi connectivity index (χ4v) is 4.54.